The molecule has 0 radical (unpaired) electrons. The molecule has 2 aliphatic carbocycles. The Hall–Kier alpha value is -3.52. The normalized spacial score (nSPS) is 24.5. The molecule has 4 unspecified atom stereocenters. The van der Waals surface area contributed by atoms with Gasteiger partial charge in [-0.3, -0.25) is 14.4 Å². The van der Waals surface area contributed by atoms with Crippen LogP contribution in [0.4, 0.5) is 10.7 Å². The molecular formula is C27H26N2O5S. The van der Waals surface area contributed by atoms with Crippen molar-refractivity contribution < 1.29 is 23.9 Å². The molecule has 5 rings (SSSR count). The Morgan fingerprint density at radius 2 is 1.83 bits per heavy atom. The van der Waals surface area contributed by atoms with Crippen LogP contribution in [0.1, 0.15) is 39.7 Å². The van der Waals surface area contributed by atoms with E-state index in [-0.39, 0.29) is 42.1 Å². The molecule has 35 heavy (non-hydrogen) atoms. The van der Waals surface area contributed by atoms with Gasteiger partial charge in [0.15, 0.2) is 0 Å². The lowest BCUT2D eigenvalue weighted by Gasteiger charge is -2.17. The van der Waals surface area contributed by atoms with Crippen molar-refractivity contribution in [3.63, 3.8) is 0 Å². The highest BCUT2D eigenvalue weighted by atomic mass is 32.1. The Kier molecular flexibility index (Phi) is 5.92. The van der Waals surface area contributed by atoms with Gasteiger partial charge in [-0.05, 0) is 68.4 Å². The Morgan fingerprint density at radius 1 is 1.14 bits per heavy atom. The molecule has 1 saturated carbocycles. The zero-order valence-electron chi connectivity index (χ0n) is 19.7. The summed E-state index contributed by atoms with van der Waals surface area (Å²) in [5.74, 6) is -1.33. The van der Waals surface area contributed by atoms with E-state index in [1.807, 2.05) is 13.8 Å². The summed E-state index contributed by atoms with van der Waals surface area (Å²) < 4.78 is 5.13. The van der Waals surface area contributed by atoms with Crippen molar-refractivity contribution in [1.29, 1.82) is 0 Å². The van der Waals surface area contributed by atoms with Crippen molar-refractivity contribution in [3.05, 3.63) is 64.1 Å². The third kappa shape index (κ3) is 3.91. The van der Waals surface area contributed by atoms with Gasteiger partial charge in [0, 0.05) is 11.0 Å². The number of anilines is 2. The Labute approximate surface area is 207 Å². The van der Waals surface area contributed by atoms with Crippen molar-refractivity contribution in [2.75, 3.05) is 16.8 Å². The molecule has 4 atom stereocenters. The quantitative estimate of drug-likeness (QED) is 0.278. The van der Waals surface area contributed by atoms with Crippen LogP contribution in [0.25, 0.3) is 6.08 Å². The molecule has 1 N–H and O–H groups in total. The number of allylic oxidation sites excluding steroid dienone is 2. The lowest BCUT2D eigenvalue weighted by atomic mass is 9.85. The molecular weight excluding hydrogens is 464 g/mol. The Morgan fingerprint density at radius 3 is 2.49 bits per heavy atom. The molecule has 1 saturated heterocycles. The second kappa shape index (κ2) is 8.92. The van der Waals surface area contributed by atoms with Gasteiger partial charge >= 0.3 is 5.97 Å². The first-order chi connectivity index (χ1) is 16.8. The first-order valence-electron chi connectivity index (χ1n) is 11.7. The van der Waals surface area contributed by atoms with Crippen molar-refractivity contribution in [2.24, 2.45) is 23.7 Å². The largest absolute Gasteiger partial charge is 0.462 e. The number of nitrogens with zero attached hydrogens (tertiary/aromatic N) is 1. The van der Waals surface area contributed by atoms with Gasteiger partial charge in [-0.25, -0.2) is 9.69 Å². The summed E-state index contributed by atoms with van der Waals surface area (Å²) in [6, 6.07) is 7.04. The SMILES string of the molecule is CCOC(=O)c1c(NC(=O)C=Cc2cccc(N3C(=O)C4C5C=CC(C5)C4C3=O)c2)sc(C)c1C. The van der Waals surface area contributed by atoms with Gasteiger partial charge in [0.1, 0.15) is 5.00 Å². The van der Waals surface area contributed by atoms with E-state index in [9.17, 15) is 19.2 Å². The maximum atomic E-state index is 13.1. The van der Waals surface area contributed by atoms with Crippen LogP contribution in [0.2, 0.25) is 0 Å². The summed E-state index contributed by atoms with van der Waals surface area (Å²) in [5.41, 5.74) is 2.36. The van der Waals surface area contributed by atoms with Crippen LogP contribution in [0, 0.1) is 37.5 Å². The third-order valence-electron chi connectivity index (χ3n) is 7.13. The van der Waals surface area contributed by atoms with Gasteiger partial charge in [-0.2, -0.15) is 0 Å². The predicted molar refractivity (Wildman–Crippen MR) is 134 cm³/mol. The molecule has 0 spiro atoms. The van der Waals surface area contributed by atoms with E-state index in [0.29, 0.717) is 21.8 Å². The molecule has 2 heterocycles. The number of fused-ring (bicyclic) bond motifs is 5. The van der Waals surface area contributed by atoms with E-state index in [0.717, 1.165) is 16.9 Å². The number of ether oxygens (including phenoxy) is 1. The minimum atomic E-state index is -0.463. The standard InChI is InChI=1S/C27H26N2O5S/c1-4-34-27(33)21-14(2)15(3)35-24(21)28-20(30)11-8-16-6-5-7-19(12-16)29-25(31)22-17-9-10-18(13-17)23(22)26(29)32/h5-12,17-18,22-23H,4,13H2,1-3H3,(H,28,30). The molecule has 2 aromatic rings. The van der Waals surface area contributed by atoms with Crippen LogP contribution in [0.5, 0.6) is 0 Å². The summed E-state index contributed by atoms with van der Waals surface area (Å²) in [4.78, 5) is 53.4. The second-order valence-electron chi connectivity index (χ2n) is 9.14. The number of carbonyl (C=O) groups excluding carboxylic acids is 4. The third-order valence-corrected chi connectivity index (χ3v) is 8.25. The van der Waals surface area contributed by atoms with Gasteiger partial charge in [0.05, 0.1) is 29.7 Å². The van der Waals surface area contributed by atoms with E-state index in [4.69, 9.17) is 4.74 Å². The van der Waals surface area contributed by atoms with Gasteiger partial charge in [0.2, 0.25) is 17.7 Å². The van der Waals surface area contributed by atoms with E-state index in [1.165, 1.54) is 22.3 Å². The Balaban J connectivity index is 1.32. The monoisotopic (exact) mass is 490 g/mol. The number of hydrogen-bond acceptors (Lipinski definition) is 6. The van der Waals surface area contributed by atoms with Crippen LogP contribution in [-0.4, -0.2) is 30.3 Å². The van der Waals surface area contributed by atoms with Crippen LogP contribution in [0.15, 0.2) is 42.5 Å². The summed E-state index contributed by atoms with van der Waals surface area (Å²) in [6.07, 6.45) is 8.02. The topological polar surface area (TPSA) is 92.8 Å². The van der Waals surface area contributed by atoms with Crippen molar-refractivity contribution in [3.8, 4) is 0 Å². The maximum absolute atomic E-state index is 13.1. The van der Waals surface area contributed by atoms with Crippen LogP contribution in [0.3, 0.4) is 0 Å². The van der Waals surface area contributed by atoms with Crippen LogP contribution >= 0.6 is 11.3 Å². The molecule has 1 aliphatic heterocycles. The number of hydrogen-bond donors (Lipinski definition) is 1. The molecule has 7 nitrogen and oxygen atoms in total. The van der Waals surface area contributed by atoms with Crippen LogP contribution < -0.4 is 10.2 Å². The first kappa shape index (κ1) is 23.2. The molecule has 3 aliphatic rings. The number of thiophene rings is 1. The van der Waals surface area contributed by atoms with Crippen LogP contribution in [-0.2, 0) is 19.1 Å². The summed E-state index contributed by atoms with van der Waals surface area (Å²) in [7, 11) is 0. The zero-order chi connectivity index (χ0) is 24.9. The zero-order valence-corrected chi connectivity index (χ0v) is 20.6. The highest BCUT2D eigenvalue weighted by molar-refractivity contribution is 7.16. The van der Waals surface area contributed by atoms with E-state index in [1.54, 1.807) is 37.3 Å². The smallest absolute Gasteiger partial charge is 0.341 e. The number of esters is 1. The van der Waals surface area contributed by atoms with Crippen molar-refractivity contribution in [1.82, 2.24) is 0 Å². The average Bonchev–Trinajstić information content (AvgIpc) is 3.56. The van der Waals surface area contributed by atoms with Gasteiger partial charge in [0.25, 0.3) is 0 Å². The number of rotatable bonds is 6. The molecule has 2 fully saturated rings. The minimum absolute atomic E-state index is 0.134. The molecule has 180 valence electrons. The molecule has 1 aromatic carbocycles. The summed E-state index contributed by atoms with van der Waals surface area (Å²) >= 11 is 1.32. The maximum Gasteiger partial charge on any atom is 0.341 e. The molecule has 2 bridgehead atoms. The highest BCUT2D eigenvalue weighted by Gasteiger charge is 2.59. The number of amides is 3. The van der Waals surface area contributed by atoms with Gasteiger partial charge in [-0.15, -0.1) is 11.3 Å². The fourth-order valence-corrected chi connectivity index (χ4v) is 6.47. The molecule has 1 aromatic heterocycles. The Bertz CT molecular complexity index is 1280. The van der Waals surface area contributed by atoms with E-state index >= 15 is 0 Å². The van der Waals surface area contributed by atoms with E-state index in [2.05, 4.69) is 17.5 Å². The minimum Gasteiger partial charge on any atom is -0.462 e. The highest BCUT2D eigenvalue weighted by Crippen LogP contribution is 2.53. The predicted octanol–water partition coefficient (Wildman–Crippen LogP) is 4.51. The summed E-state index contributed by atoms with van der Waals surface area (Å²) in [6.45, 7) is 5.69. The second-order valence-corrected chi connectivity index (χ2v) is 10.4. The van der Waals surface area contributed by atoms with Gasteiger partial charge in [-0.1, -0.05) is 24.3 Å². The van der Waals surface area contributed by atoms with E-state index < -0.39 is 11.9 Å². The number of aryl methyl sites for hydroxylation is 1. The number of carbonyl (C=O) groups is 4. The fourth-order valence-electron chi connectivity index (χ4n) is 5.41. The number of benzene rings is 1. The number of nitrogens with one attached hydrogen (secondary N) is 1. The fraction of sp³-hybridized carbons (Fsp3) is 0.333. The van der Waals surface area contributed by atoms with Gasteiger partial charge < -0.3 is 10.1 Å². The molecule has 8 heteroatoms. The van der Waals surface area contributed by atoms with Crippen molar-refractivity contribution in [2.45, 2.75) is 27.2 Å². The van der Waals surface area contributed by atoms with Crippen molar-refractivity contribution >= 4 is 51.8 Å². The average molecular weight is 491 g/mol. The lowest BCUT2D eigenvalue weighted by Crippen LogP contribution is -2.32. The molecule has 3 amide bonds. The first-order valence-corrected chi connectivity index (χ1v) is 12.5. The summed E-state index contributed by atoms with van der Waals surface area (Å²) in [5, 5.41) is 3.22. The lowest BCUT2D eigenvalue weighted by molar-refractivity contribution is -0.123. The number of imide groups is 1.